The van der Waals surface area contributed by atoms with E-state index in [2.05, 4.69) is 10.1 Å². The van der Waals surface area contributed by atoms with Gasteiger partial charge in [0.05, 0.1) is 10.8 Å². The molecule has 1 amide bonds. The van der Waals surface area contributed by atoms with Gasteiger partial charge in [0, 0.05) is 39.7 Å². The van der Waals surface area contributed by atoms with Crippen LogP contribution in [0.1, 0.15) is 18.2 Å². The van der Waals surface area contributed by atoms with E-state index in [4.69, 9.17) is 4.52 Å². The maximum Gasteiger partial charge on any atom is 0.242 e. The van der Waals surface area contributed by atoms with Crippen LogP contribution < -0.4 is 0 Å². The Hall–Kier alpha value is -2.26. The van der Waals surface area contributed by atoms with Crippen LogP contribution in [0.4, 0.5) is 0 Å². The summed E-state index contributed by atoms with van der Waals surface area (Å²) < 4.78 is 30.5. The molecule has 1 saturated heterocycles. The maximum atomic E-state index is 12.1. The Morgan fingerprint density at radius 1 is 1.25 bits per heavy atom. The SMILES string of the molecule is CN1CC(c2nc(-c3ccc(S(=O)(=O)N(C)C)cc3)no2)CC1=O. The van der Waals surface area contributed by atoms with Crippen LogP contribution in [0, 0.1) is 0 Å². The van der Waals surface area contributed by atoms with Crippen LogP contribution in [0.25, 0.3) is 11.4 Å². The molecule has 3 rings (SSSR count). The summed E-state index contributed by atoms with van der Waals surface area (Å²) in [5, 5.41) is 3.93. The van der Waals surface area contributed by atoms with Gasteiger partial charge in [-0.2, -0.15) is 4.98 Å². The highest BCUT2D eigenvalue weighted by atomic mass is 32.2. The summed E-state index contributed by atoms with van der Waals surface area (Å²) in [6.07, 6.45) is 0.359. The number of carbonyl (C=O) groups excluding carboxylic acids is 1. The molecule has 0 N–H and O–H groups in total. The summed E-state index contributed by atoms with van der Waals surface area (Å²) in [5.74, 6) is 0.753. The monoisotopic (exact) mass is 350 g/mol. The number of nitrogens with zero attached hydrogens (tertiary/aromatic N) is 4. The minimum atomic E-state index is -3.47. The molecule has 1 aromatic heterocycles. The Balaban J connectivity index is 1.82. The molecule has 9 heteroatoms. The molecule has 2 heterocycles. The molecular formula is C15H18N4O4S. The predicted molar refractivity (Wildman–Crippen MR) is 85.6 cm³/mol. The Morgan fingerprint density at radius 2 is 1.92 bits per heavy atom. The van der Waals surface area contributed by atoms with E-state index in [0.29, 0.717) is 30.2 Å². The fourth-order valence-corrected chi connectivity index (χ4v) is 3.44. The average molecular weight is 350 g/mol. The fraction of sp³-hybridized carbons (Fsp3) is 0.400. The molecule has 1 atom stereocenters. The second-order valence-corrected chi connectivity index (χ2v) is 8.10. The normalized spacial score (nSPS) is 18.6. The Bertz CT molecular complexity index is 858. The van der Waals surface area contributed by atoms with E-state index in [1.165, 1.54) is 26.2 Å². The van der Waals surface area contributed by atoms with Crippen molar-refractivity contribution in [3.05, 3.63) is 30.2 Å². The number of sulfonamides is 1. The molecular weight excluding hydrogens is 332 g/mol. The quantitative estimate of drug-likeness (QED) is 0.814. The Kier molecular flexibility index (Phi) is 4.14. The molecule has 1 fully saturated rings. The van der Waals surface area contributed by atoms with E-state index in [-0.39, 0.29) is 16.7 Å². The van der Waals surface area contributed by atoms with E-state index >= 15 is 0 Å². The van der Waals surface area contributed by atoms with Crippen molar-refractivity contribution in [1.82, 2.24) is 19.3 Å². The second kappa shape index (κ2) is 5.99. The van der Waals surface area contributed by atoms with Crippen molar-refractivity contribution in [3.8, 4) is 11.4 Å². The number of carbonyl (C=O) groups is 1. The van der Waals surface area contributed by atoms with Gasteiger partial charge in [-0.05, 0) is 24.3 Å². The van der Waals surface area contributed by atoms with Crippen LogP contribution in [0.5, 0.6) is 0 Å². The predicted octanol–water partition coefficient (Wildman–Crippen LogP) is 0.933. The van der Waals surface area contributed by atoms with Gasteiger partial charge in [-0.3, -0.25) is 4.79 Å². The van der Waals surface area contributed by atoms with Gasteiger partial charge in [0.25, 0.3) is 0 Å². The molecule has 2 aromatic rings. The molecule has 1 aliphatic rings. The first kappa shape index (κ1) is 16.6. The summed E-state index contributed by atoms with van der Waals surface area (Å²) in [7, 11) is 1.23. The van der Waals surface area contributed by atoms with Gasteiger partial charge < -0.3 is 9.42 Å². The van der Waals surface area contributed by atoms with E-state index < -0.39 is 10.0 Å². The summed E-state index contributed by atoms with van der Waals surface area (Å²) in [5.41, 5.74) is 0.653. The number of likely N-dealkylation sites (tertiary alicyclic amines) is 1. The molecule has 1 unspecified atom stereocenters. The van der Waals surface area contributed by atoms with Gasteiger partial charge in [-0.1, -0.05) is 5.16 Å². The van der Waals surface area contributed by atoms with Crippen molar-refractivity contribution in [3.63, 3.8) is 0 Å². The molecule has 128 valence electrons. The number of rotatable bonds is 4. The highest BCUT2D eigenvalue weighted by molar-refractivity contribution is 7.89. The van der Waals surface area contributed by atoms with Gasteiger partial charge in [-0.15, -0.1) is 0 Å². The minimum Gasteiger partial charge on any atom is -0.345 e. The number of aromatic nitrogens is 2. The summed E-state index contributed by atoms with van der Waals surface area (Å²) >= 11 is 0. The molecule has 0 saturated carbocycles. The molecule has 24 heavy (non-hydrogen) atoms. The molecule has 0 bridgehead atoms. The van der Waals surface area contributed by atoms with Crippen LogP contribution in [-0.4, -0.2) is 61.4 Å². The molecule has 1 aliphatic heterocycles. The number of hydrogen-bond acceptors (Lipinski definition) is 6. The fourth-order valence-electron chi connectivity index (χ4n) is 2.53. The van der Waals surface area contributed by atoms with Crippen LogP contribution in [0.2, 0.25) is 0 Å². The van der Waals surface area contributed by atoms with Crippen molar-refractivity contribution in [2.24, 2.45) is 0 Å². The third kappa shape index (κ3) is 2.92. The van der Waals surface area contributed by atoms with Crippen molar-refractivity contribution >= 4 is 15.9 Å². The van der Waals surface area contributed by atoms with Gasteiger partial charge in [0.15, 0.2) is 0 Å². The highest BCUT2D eigenvalue weighted by Crippen LogP contribution is 2.28. The van der Waals surface area contributed by atoms with Crippen LogP contribution in [0.15, 0.2) is 33.7 Å². The van der Waals surface area contributed by atoms with Gasteiger partial charge in [-0.25, -0.2) is 12.7 Å². The van der Waals surface area contributed by atoms with E-state index in [1.807, 2.05) is 0 Å². The summed E-state index contributed by atoms with van der Waals surface area (Å²) in [6.45, 7) is 0.556. The standard InChI is InChI=1S/C15H18N4O4S/c1-18(2)24(21,22)12-6-4-10(5-7-12)14-16-15(23-17-14)11-8-13(20)19(3)9-11/h4-7,11H,8-9H2,1-3H3. The number of likely N-dealkylation sites (N-methyl/N-ethyl adjacent to an activating group) is 1. The molecule has 0 aliphatic carbocycles. The van der Waals surface area contributed by atoms with Crippen LogP contribution in [0.3, 0.4) is 0 Å². The largest absolute Gasteiger partial charge is 0.345 e. The number of benzene rings is 1. The Labute approximate surface area is 140 Å². The highest BCUT2D eigenvalue weighted by Gasteiger charge is 2.32. The number of hydrogen-bond donors (Lipinski definition) is 0. The van der Waals surface area contributed by atoms with Crippen molar-refractivity contribution < 1.29 is 17.7 Å². The lowest BCUT2D eigenvalue weighted by atomic mass is 10.1. The third-order valence-electron chi connectivity index (χ3n) is 4.02. The summed E-state index contributed by atoms with van der Waals surface area (Å²) in [4.78, 5) is 17.8. The minimum absolute atomic E-state index is 0.0537. The Morgan fingerprint density at radius 3 is 2.46 bits per heavy atom. The zero-order valence-electron chi connectivity index (χ0n) is 13.6. The van der Waals surface area contributed by atoms with E-state index in [9.17, 15) is 13.2 Å². The van der Waals surface area contributed by atoms with Crippen molar-refractivity contribution in [2.45, 2.75) is 17.2 Å². The maximum absolute atomic E-state index is 12.1. The lowest BCUT2D eigenvalue weighted by Gasteiger charge is -2.11. The zero-order valence-corrected chi connectivity index (χ0v) is 14.4. The van der Waals surface area contributed by atoms with Crippen LogP contribution >= 0.6 is 0 Å². The van der Waals surface area contributed by atoms with E-state index in [0.717, 1.165) is 4.31 Å². The first-order chi connectivity index (χ1) is 11.3. The molecule has 0 radical (unpaired) electrons. The van der Waals surface area contributed by atoms with Crippen molar-refractivity contribution in [1.29, 1.82) is 0 Å². The van der Waals surface area contributed by atoms with Gasteiger partial charge >= 0.3 is 0 Å². The first-order valence-electron chi connectivity index (χ1n) is 7.39. The first-order valence-corrected chi connectivity index (χ1v) is 8.83. The van der Waals surface area contributed by atoms with Gasteiger partial charge in [0.1, 0.15) is 0 Å². The molecule has 0 spiro atoms. The van der Waals surface area contributed by atoms with E-state index in [1.54, 1.807) is 24.1 Å². The summed E-state index contributed by atoms with van der Waals surface area (Å²) in [6, 6.07) is 6.29. The lowest BCUT2D eigenvalue weighted by Crippen LogP contribution is -2.22. The molecule has 1 aromatic carbocycles. The average Bonchev–Trinajstić information content (AvgIpc) is 3.15. The van der Waals surface area contributed by atoms with Crippen LogP contribution in [-0.2, 0) is 14.8 Å². The number of amides is 1. The smallest absolute Gasteiger partial charge is 0.242 e. The second-order valence-electron chi connectivity index (χ2n) is 5.94. The van der Waals surface area contributed by atoms with Crippen molar-refractivity contribution in [2.75, 3.05) is 27.7 Å². The zero-order chi connectivity index (χ0) is 17.5. The third-order valence-corrected chi connectivity index (χ3v) is 5.85. The lowest BCUT2D eigenvalue weighted by molar-refractivity contribution is -0.126. The molecule has 8 nitrogen and oxygen atoms in total. The van der Waals surface area contributed by atoms with Gasteiger partial charge in [0.2, 0.25) is 27.6 Å². The topological polar surface area (TPSA) is 96.6 Å².